The molecule has 0 unspecified atom stereocenters. The van der Waals surface area contributed by atoms with Gasteiger partial charge in [-0.2, -0.15) is 0 Å². The molecule has 2 heterocycles. The highest BCUT2D eigenvalue weighted by molar-refractivity contribution is 9.10. The van der Waals surface area contributed by atoms with Gasteiger partial charge in [-0.05, 0) is 41.1 Å². The van der Waals surface area contributed by atoms with E-state index in [2.05, 4.69) is 20.9 Å². The van der Waals surface area contributed by atoms with Gasteiger partial charge in [0.05, 0.1) is 6.26 Å². The average Bonchev–Trinajstić information content (AvgIpc) is 2.74. The molecule has 0 spiro atoms. The fourth-order valence-electron chi connectivity index (χ4n) is 1.63. The molecule has 0 aromatic carbocycles. The minimum atomic E-state index is -0.114. The molecular formula is C13H13BrN2O2. The first-order valence-electron chi connectivity index (χ1n) is 5.49. The predicted octanol–water partition coefficient (Wildman–Crippen LogP) is 3.02. The third kappa shape index (κ3) is 2.79. The van der Waals surface area contributed by atoms with Gasteiger partial charge in [-0.25, -0.2) is 4.98 Å². The van der Waals surface area contributed by atoms with Crippen molar-refractivity contribution >= 4 is 21.8 Å². The van der Waals surface area contributed by atoms with Gasteiger partial charge < -0.3 is 9.32 Å². The molecule has 18 heavy (non-hydrogen) atoms. The Kier molecular flexibility index (Phi) is 3.81. The number of carbonyl (C=O) groups is 1. The summed E-state index contributed by atoms with van der Waals surface area (Å²) in [5, 5.41) is 0. The monoisotopic (exact) mass is 308 g/mol. The number of hydrogen-bond acceptors (Lipinski definition) is 3. The van der Waals surface area contributed by atoms with Crippen LogP contribution >= 0.6 is 15.9 Å². The first-order valence-corrected chi connectivity index (χ1v) is 6.28. The van der Waals surface area contributed by atoms with Gasteiger partial charge in [0.2, 0.25) is 0 Å². The highest BCUT2D eigenvalue weighted by Crippen LogP contribution is 2.13. The number of aromatic nitrogens is 1. The SMILES string of the molecule is Cc1occc1CN(C)C(=O)c1cccc(Br)n1. The highest BCUT2D eigenvalue weighted by atomic mass is 79.9. The van der Waals surface area contributed by atoms with Crippen molar-refractivity contribution in [2.45, 2.75) is 13.5 Å². The molecule has 0 saturated heterocycles. The van der Waals surface area contributed by atoms with Crippen LogP contribution in [0.15, 0.2) is 39.5 Å². The molecule has 0 N–H and O–H groups in total. The lowest BCUT2D eigenvalue weighted by molar-refractivity contribution is 0.0778. The Bertz CT molecular complexity index is 566. The van der Waals surface area contributed by atoms with Gasteiger partial charge in [-0.15, -0.1) is 0 Å². The molecule has 0 aliphatic heterocycles. The Labute approximate surface area is 114 Å². The number of pyridine rings is 1. The van der Waals surface area contributed by atoms with E-state index in [0.717, 1.165) is 11.3 Å². The van der Waals surface area contributed by atoms with E-state index in [1.54, 1.807) is 36.4 Å². The van der Waals surface area contributed by atoms with Crippen LogP contribution in [0, 0.1) is 6.92 Å². The number of halogens is 1. The van der Waals surface area contributed by atoms with Crippen molar-refractivity contribution in [3.8, 4) is 0 Å². The summed E-state index contributed by atoms with van der Waals surface area (Å²) in [6.45, 7) is 2.39. The minimum Gasteiger partial charge on any atom is -0.469 e. The maximum Gasteiger partial charge on any atom is 0.272 e. The van der Waals surface area contributed by atoms with E-state index in [0.29, 0.717) is 16.8 Å². The Morgan fingerprint density at radius 1 is 1.44 bits per heavy atom. The molecule has 0 saturated carbocycles. The van der Waals surface area contributed by atoms with Crippen LogP contribution in [0.4, 0.5) is 0 Å². The van der Waals surface area contributed by atoms with Crippen LogP contribution in [-0.4, -0.2) is 22.8 Å². The van der Waals surface area contributed by atoms with Crippen LogP contribution < -0.4 is 0 Å². The molecule has 94 valence electrons. The zero-order valence-corrected chi connectivity index (χ0v) is 11.8. The van der Waals surface area contributed by atoms with Gasteiger partial charge in [0.25, 0.3) is 5.91 Å². The first kappa shape index (κ1) is 12.8. The van der Waals surface area contributed by atoms with Crippen molar-refractivity contribution in [1.82, 2.24) is 9.88 Å². The van der Waals surface area contributed by atoms with E-state index in [1.807, 2.05) is 13.0 Å². The lowest BCUT2D eigenvalue weighted by atomic mass is 10.2. The molecule has 0 radical (unpaired) electrons. The van der Waals surface area contributed by atoms with Gasteiger partial charge in [-0.1, -0.05) is 6.07 Å². The predicted molar refractivity (Wildman–Crippen MR) is 71.2 cm³/mol. The van der Waals surface area contributed by atoms with E-state index >= 15 is 0 Å². The zero-order valence-electron chi connectivity index (χ0n) is 10.2. The standard InChI is InChI=1S/C13H13BrN2O2/c1-9-10(6-7-18-9)8-16(2)13(17)11-4-3-5-12(14)15-11/h3-7H,8H2,1-2H3. The summed E-state index contributed by atoms with van der Waals surface area (Å²) in [6.07, 6.45) is 1.63. The van der Waals surface area contributed by atoms with Crippen LogP contribution in [0.1, 0.15) is 21.8 Å². The Morgan fingerprint density at radius 3 is 2.83 bits per heavy atom. The molecule has 5 heteroatoms. The van der Waals surface area contributed by atoms with Crippen LogP contribution in [0.5, 0.6) is 0 Å². The maximum absolute atomic E-state index is 12.1. The molecule has 0 atom stereocenters. The largest absolute Gasteiger partial charge is 0.469 e. The lowest BCUT2D eigenvalue weighted by Gasteiger charge is -2.16. The van der Waals surface area contributed by atoms with Gasteiger partial charge in [0, 0.05) is 19.2 Å². The van der Waals surface area contributed by atoms with Crippen molar-refractivity contribution in [2.24, 2.45) is 0 Å². The summed E-state index contributed by atoms with van der Waals surface area (Å²) in [4.78, 5) is 17.9. The topological polar surface area (TPSA) is 46.3 Å². The Balaban J connectivity index is 2.12. The van der Waals surface area contributed by atoms with Crippen LogP contribution in [-0.2, 0) is 6.54 Å². The molecule has 2 aromatic rings. The van der Waals surface area contributed by atoms with Gasteiger partial charge in [0.15, 0.2) is 0 Å². The van der Waals surface area contributed by atoms with Crippen molar-refractivity contribution in [3.63, 3.8) is 0 Å². The number of nitrogens with zero attached hydrogens (tertiary/aromatic N) is 2. The van der Waals surface area contributed by atoms with Gasteiger partial charge in [-0.3, -0.25) is 4.79 Å². The van der Waals surface area contributed by atoms with E-state index < -0.39 is 0 Å². The summed E-state index contributed by atoms with van der Waals surface area (Å²) in [5.41, 5.74) is 1.42. The maximum atomic E-state index is 12.1. The first-order chi connectivity index (χ1) is 8.58. The van der Waals surface area contributed by atoms with Crippen LogP contribution in [0.25, 0.3) is 0 Å². The summed E-state index contributed by atoms with van der Waals surface area (Å²) in [5.74, 6) is 0.716. The Hall–Kier alpha value is -1.62. The number of hydrogen-bond donors (Lipinski definition) is 0. The number of furan rings is 1. The van der Waals surface area contributed by atoms with Crippen molar-refractivity contribution in [2.75, 3.05) is 7.05 Å². The molecule has 0 aliphatic carbocycles. The van der Waals surface area contributed by atoms with Crippen molar-refractivity contribution in [3.05, 3.63) is 52.1 Å². The molecular weight excluding hydrogens is 296 g/mol. The average molecular weight is 309 g/mol. The van der Waals surface area contributed by atoms with Gasteiger partial charge >= 0.3 is 0 Å². The summed E-state index contributed by atoms with van der Waals surface area (Å²) in [7, 11) is 1.75. The fourth-order valence-corrected chi connectivity index (χ4v) is 1.97. The molecule has 2 aromatic heterocycles. The zero-order chi connectivity index (χ0) is 13.1. The number of aryl methyl sites for hydroxylation is 1. The Morgan fingerprint density at radius 2 is 2.22 bits per heavy atom. The van der Waals surface area contributed by atoms with Gasteiger partial charge in [0.1, 0.15) is 16.1 Å². The number of rotatable bonds is 3. The van der Waals surface area contributed by atoms with E-state index in [9.17, 15) is 4.79 Å². The van der Waals surface area contributed by atoms with E-state index in [4.69, 9.17) is 4.42 Å². The van der Waals surface area contributed by atoms with Crippen molar-refractivity contribution in [1.29, 1.82) is 0 Å². The van der Waals surface area contributed by atoms with Crippen LogP contribution in [0.3, 0.4) is 0 Å². The van der Waals surface area contributed by atoms with Crippen molar-refractivity contribution < 1.29 is 9.21 Å². The smallest absolute Gasteiger partial charge is 0.272 e. The second-order valence-electron chi connectivity index (χ2n) is 4.01. The summed E-state index contributed by atoms with van der Waals surface area (Å²) in [6, 6.07) is 7.15. The summed E-state index contributed by atoms with van der Waals surface area (Å²) >= 11 is 3.25. The number of carbonyl (C=O) groups excluding carboxylic acids is 1. The second kappa shape index (κ2) is 5.35. The van der Waals surface area contributed by atoms with E-state index in [1.165, 1.54) is 0 Å². The molecule has 0 aliphatic rings. The summed E-state index contributed by atoms with van der Waals surface area (Å²) < 4.78 is 5.86. The minimum absolute atomic E-state index is 0.114. The molecule has 0 fully saturated rings. The molecule has 4 nitrogen and oxygen atoms in total. The second-order valence-corrected chi connectivity index (χ2v) is 4.82. The third-order valence-electron chi connectivity index (χ3n) is 2.65. The molecule has 1 amide bonds. The molecule has 0 bridgehead atoms. The van der Waals surface area contributed by atoms with Crippen LogP contribution in [0.2, 0.25) is 0 Å². The van der Waals surface area contributed by atoms with E-state index in [-0.39, 0.29) is 5.91 Å². The quantitative estimate of drug-likeness (QED) is 0.819. The third-order valence-corrected chi connectivity index (χ3v) is 3.10. The fraction of sp³-hybridized carbons (Fsp3) is 0.231. The number of amides is 1. The normalized spacial score (nSPS) is 10.4. The molecule has 2 rings (SSSR count). The highest BCUT2D eigenvalue weighted by Gasteiger charge is 2.15. The lowest BCUT2D eigenvalue weighted by Crippen LogP contribution is -2.27.